The molecule has 0 aliphatic heterocycles. The van der Waals surface area contributed by atoms with E-state index in [2.05, 4.69) is 22.0 Å². The van der Waals surface area contributed by atoms with Crippen LogP contribution in [0.5, 0.6) is 0 Å². The zero-order valence-electron chi connectivity index (χ0n) is 7.29. The molecule has 4 heteroatoms. The molecule has 1 aromatic carbocycles. The van der Waals surface area contributed by atoms with Crippen molar-refractivity contribution in [2.45, 2.75) is 5.33 Å². The molecule has 1 aromatic heterocycles. The number of anilines is 1. The maximum absolute atomic E-state index is 10.7. The summed E-state index contributed by atoms with van der Waals surface area (Å²) < 4.78 is 1.13. The van der Waals surface area contributed by atoms with E-state index in [0.29, 0.717) is 11.3 Å². The lowest BCUT2D eigenvalue weighted by Crippen LogP contribution is -1.91. The van der Waals surface area contributed by atoms with Crippen LogP contribution >= 0.6 is 27.3 Å². The minimum atomic E-state index is 0.551. The highest BCUT2D eigenvalue weighted by Crippen LogP contribution is 2.30. The molecule has 0 saturated carbocycles. The molecule has 0 bridgehead atoms. The zero-order chi connectivity index (χ0) is 10.1. The predicted molar refractivity (Wildman–Crippen MR) is 64.3 cm³/mol. The molecule has 2 rings (SSSR count). The lowest BCUT2D eigenvalue weighted by molar-refractivity contribution is 0.112. The average molecular weight is 270 g/mol. The first kappa shape index (κ1) is 9.68. The van der Waals surface area contributed by atoms with Crippen LogP contribution in [-0.2, 0) is 5.33 Å². The number of carbonyl (C=O) groups excluding carboxylic acids is 1. The van der Waals surface area contributed by atoms with Gasteiger partial charge in [0.1, 0.15) is 0 Å². The Balaban J connectivity index is 2.69. The fourth-order valence-corrected chi connectivity index (χ4v) is 2.79. The van der Waals surface area contributed by atoms with E-state index in [1.807, 2.05) is 12.1 Å². The number of benzene rings is 1. The third kappa shape index (κ3) is 1.55. The van der Waals surface area contributed by atoms with Gasteiger partial charge in [0.15, 0.2) is 6.29 Å². The number of halogens is 1. The van der Waals surface area contributed by atoms with Crippen LogP contribution in [0.3, 0.4) is 0 Å². The number of rotatable bonds is 2. The smallest absolute Gasteiger partial charge is 0.152 e. The van der Waals surface area contributed by atoms with Crippen LogP contribution in [0.2, 0.25) is 0 Å². The molecule has 2 aromatic rings. The molecule has 0 fully saturated rings. The van der Waals surface area contributed by atoms with Crippen LogP contribution in [0.15, 0.2) is 18.2 Å². The molecular weight excluding hydrogens is 262 g/mol. The normalized spacial score (nSPS) is 10.6. The predicted octanol–water partition coefficient (Wildman–Crippen LogP) is 3.19. The topological polar surface area (TPSA) is 43.1 Å². The fourth-order valence-electron chi connectivity index (χ4n) is 1.34. The van der Waals surface area contributed by atoms with Crippen LogP contribution in [0.4, 0.5) is 5.69 Å². The van der Waals surface area contributed by atoms with Crippen molar-refractivity contribution < 1.29 is 4.79 Å². The van der Waals surface area contributed by atoms with Crippen LogP contribution < -0.4 is 5.73 Å². The maximum atomic E-state index is 10.7. The van der Waals surface area contributed by atoms with Crippen LogP contribution in [0.25, 0.3) is 10.1 Å². The Kier molecular flexibility index (Phi) is 2.56. The highest BCUT2D eigenvalue weighted by molar-refractivity contribution is 9.08. The monoisotopic (exact) mass is 269 g/mol. The molecule has 1 heterocycles. The largest absolute Gasteiger partial charge is 0.398 e. The van der Waals surface area contributed by atoms with Crippen molar-refractivity contribution in [3.05, 3.63) is 28.6 Å². The number of hydrogen-bond donors (Lipinski definition) is 1. The van der Waals surface area contributed by atoms with Crippen LogP contribution in [-0.4, -0.2) is 6.29 Å². The first-order valence-electron chi connectivity index (χ1n) is 4.07. The molecule has 0 spiro atoms. The summed E-state index contributed by atoms with van der Waals surface area (Å²) in [6.45, 7) is 0. The maximum Gasteiger partial charge on any atom is 0.152 e. The molecule has 0 atom stereocenters. The van der Waals surface area contributed by atoms with Gasteiger partial charge in [0.25, 0.3) is 0 Å². The number of nitrogens with two attached hydrogens (primary N) is 1. The van der Waals surface area contributed by atoms with Gasteiger partial charge in [-0.3, -0.25) is 4.79 Å². The van der Waals surface area contributed by atoms with Crippen molar-refractivity contribution in [2.75, 3.05) is 5.73 Å². The van der Waals surface area contributed by atoms with Gasteiger partial charge in [-0.05, 0) is 23.6 Å². The summed E-state index contributed by atoms with van der Waals surface area (Å²) in [6, 6.07) is 5.76. The zero-order valence-corrected chi connectivity index (χ0v) is 9.69. The van der Waals surface area contributed by atoms with E-state index in [9.17, 15) is 4.79 Å². The van der Waals surface area contributed by atoms with Crippen molar-refractivity contribution in [1.82, 2.24) is 0 Å². The summed E-state index contributed by atoms with van der Waals surface area (Å²) in [6.07, 6.45) is 0.792. The summed E-state index contributed by atoms with van der Waals surface area (Å²) in [7, 11) is 0. The third-order valence-corrected chi connectivity index (χ3v) is 4.10. The van der Waals surface area contributed by atoms with Gasteiger partial charge in [-0.2, -0.15) is 0 Å². The number of alkyl halides is 1. The molecule has 0 radical (unpaired) electrons. The van der Waals surface area contributed by atoms with E-state index in [-0.39, 0.29) is 0 Å². The highest BCUT2D eigenvalue weighted by atomic mass is 79.9. The SMILES string of the molecule is Nc1cc2sc(CBr)cc2cc1C=O. The second kappa shape index (κ2) is 3.71. The van der Waals surface area contributed by atoms with E-state index in [0.717, 1.165) is 21.7 Å². The van der Waals surface area contributed by atoms with Gasteiger partial charge in [-0.1, -0.05) is 15.9 Å². The van der Waals surface area contributed by atoms with E-state index in [1.165, 1.54) is 4.88 Å². The number of hydrogen-bond acceptors (Lipinski definition) is 3. The van der Waals surface area contributed by atoms with Crippen molar-refractivity contribution in [2.24, 2.45) is 0 Å². The number of fused-ring (bicyclic) bond motifs is 1. The molecule has 0 amide bonds. The minimum absolute atomic E-state index is 0.551. The lowest BCUT2D eigenvalue weighted by atomic mass is 10.1. The molecule has 14 heavy (non-hydrogen) atoms. The fraction of sp³-hybridized carbons (Fsp3) is 0.100. The molecule has 2 N–H and O–H groups in total. The summed E-state index contributed by atoms with van der Waals surface area (Å²) in [5.74, 6) is 0. The highest BCUT2D eigenvalue weighted by Gasteiger charge is 2.04. The van der Waals surface area contributed by atoms with Gasteiger partial charge in [0, 0.05) is 26.2 Å². The Morgan fingerprint density at radius 1 is 1.43 bits per heavy atom. The van der Waals surface area contributed by atoms with E-state index in [4.69, 9.17) is 5.73 Å². The molecule has 0 saturated heterocycles. The number of nitrogen functional groups attached to an aromatic ring is 1. The Labute approximate surface area is 93.9 Å². The van der Waals surface area contributed by atoms with Gasteiger partial charge in [-0.25, -0.2) is 0 Å². The Morgan fingerprint density at radius 2 is 2.21 bits per heavy atom. The summed E-state index contributed by atoms with van der Waals surface area (Å²) in [5.41, 5.74) is 6.83. The lowest BCUT2D eigenvalue weighted by Gasteiger charge is -1.97. The van der Waals surface area contributed by atoms with Crippen molar-refractivity contribution in [3.8, 4) is 0 Å². The van der Waals surface area contributed by atoms with Gasteiger partial charge in [0.2, 0.25) is 0 Å². The first-order valence-corrected chi connectivity index (χ1v) is 6.01. The van der Waals surface area contributed by atoms with Crippen molar-refractivity contribution in [1.29, 1.82) is 0 Å². The second-order valence-electron chi connectivity index (χ2n) is 2.98. The molecule has 0 aliphatic rings. The van der Waals surface area contributed by atoms with Crippen LogP contribution in [0.1, 0.15) is 15.2 Å². The van der Waals surface area contributed by atoms with E-state index in [1.54, 1.807) is 11.3 Å². The van der Waals surface area contributed by atoms with E-state index >= 15 is 0 Å². The second-order valence-corrected chi connectivity index (χ2v) is 4.71. The van der Waals surface area contributed by atoms with Gasteiger partial charge in [-0.15, -0.1) is 11.3 Å². The summed E-state index contributed by atoms with van der Waals surface area (Å²) >= 11 is 5.09. The van der Waals surface area contributed by atoms with E-state index < -0.39 is 0 Å². The summed E-state index contributed by atoms with van der Waals surface area (Å²) in [4.78, 5) is 11.9. The molecular formula is C10H8BrNOS. The third-order valence-electron chi connectivity index (χ3n) is 2.03. The minimum Gasteiger partial charge on any atom is -0.398 e. The average Bonchev–Trinajstić information content (AvgIpc) is 2.58. The number of thiophene rings is 1. The Bertz CT molecular complexity index is 492. The number of carbonyl (C=O) groups is 1. The molecule has 72 valence electrons. The quantitative estimate of drug-likeness (QED) is 0.517. The summed E-state index contributed by atoms with van der Waals surface area (Å²) in [5, 5.41) is 1.92. The Hall–Kier alpha value is -0.870. The molecule has 2 nitrogen and oxygen atoms in total. The van der Waals surface area contributed by atoms with Gasteiger partial charge >= 0.3 is 0 Å². The first-order chi connectivity index (χ1) is 6.74. The Morgan fingerprint density at radius 3 is 2.86 bits per heavy atom. The number of aldehydes is 1. The molecule has 0 unspecified atom stereocenters. The van der Waals surface area contributed by atoms with Gasteiger partial charge < -0.3 is 5.73 Å². The van der Waals surface area contributed by atoms with Crippen molar-refractivity contribution in [3.63, 3.8) is 0 Å². The molecule has 0 aliphatic carbocycles. The van der Waals surface area contributed by atoms with Crippen molar-refractivity contribution >= 4 is 49.3 Å². The van der Waals surface area contributed by atoms with Gasteiger partial charge in [0.05, 0.1) is 0 Å². The standard InChI is InChI=1S/C10H8BrNOS/c11-4-8-2-6-1-7(5-13)9(12)3-10(6)14-8/h1-3,5H,4,12H2. The van der Waals surface area contributed by atoms with Crippen LogP contribution in [0, 0.1) is 0 Å².